The summed E-state index contributed by atoms with van der Waals surface area (Å²) in [4.78, 5) is 5.00. The number of hydrogen-bond acceptors (Lipinski definition) is 4. The zero-order valence-electron chi connectivity index (χ0n) is 16.6. The zero-order chi connectivity index (χ0) is 22.6. The van der Waals surface area contributed by atoms with E-state index in [9.17, 15) is 13.2 Å². The summed E-state index contributed by atoms with van der Waals surface area (Å²) in [5.74, 6) is 1.15. The molecule has 0 radical (unpaired) electrons. The fraction of sp³-hybridized carbons (Fsp3) is 0.263. The Balaban J connectivity index is 0.000000343. The fourth-order valence-corrected chi connectivity index (χ4v) is 7.97. The van der Waals surface area contributed by atoms with E-state index >= 15 is 0 Å². The Morgan fingerprint density at radius 2 is 1.40 bits per heavy atom. The predicted octanol–water partition coefficient (Wildman–Crippen LogP) is 3.69. The van der Waals surface area contributed by atoms with Gasteiger partial charge in [0.1, 0.15) is 0 Å². The molecule has 0 fully saturated rings. The molecule has 0 unspecified atom stereocenters. The summed E-state index contributed by atoms with van der Waals surface area (Å²) < 4.78 is 62.7. The zero-order valence-corrected chi connectivity index (χ0v) is 20.1. The summed E-state index contributed by atoms with van der Waals surface area (Å²) >= 11 is 0.271. The maximum atomic E-state index is 10.7. The molecule has 0 amide bonds. The van der Waals surface area contributed by atoms with E-state index in [-0.39, 0.29) is 14.7 Å². The van der Waals surface area contributed by atoms with E-state index < -0.39 is 23.7 Å². The van der Waals surface area contributed by atoms with Crippen molar-refractivity contribution in [3.8, 4) is 21.5 Å². The Hall–Kier alpha value is -1.78. The molecule has 11 heteroatoms. The van der Waals surface area contributed by atoms with Crippen LogP contribution in [0.25, 0.3) is 21.5 Å². The maximum absolute atomic E-state index is 10.7. The first-order valence-electron chi connectivity index (χ1n) is 8.82. The van der Waals surface area contributed by atoms with Crippen molar-refractivity contribution < 1.29 is 29.7 Å². The number of rotatable bonds is 4. The first kappa shape index (κ1) is 24.5. The van der Waals surface area contributed by atoms with Crippen LogP contribution in [0.2, 0.25) is 19.6 Å². The smallest absolute Gasteiger partial charge is 0.485 e. The normalized spacial score (nSPS) is 12.2. The number of nitrogens with zero attached hydrogens (tertiary/aromatic N) is 2. The molecule has 0 aliphatic rings. The van der Waals surface area contributed by atoms with E-state index in [1.807, 2.05) is 0 Å². The standard InChI is InChI=1S/C18H21N2SeSi.CHF3O3S/c1-22(2,3)14-20-17(15-10-6-4-7-11-15)19-18(21-20)16-12-8-5-9-13-16;2-1(3,4)8(5,6)7/h4-13H,14H2,1-3H3;(H,5,6,7)/q+1;/p-1. The van der Waals surface area contributed by atoms with Gasteiger partial charge >= 0.3 is 145 Å². The average molecular weight is 521 g/mol. The Bertz CT molecular complexity index is 1070. The summed E-state index contributed by atoms with van der Waals surface area (Å²) in [6.45, 7) is 7.27. The van der Waals surface area contributed by atoms with Gasteiger partial charge in [-0.25, -0.2) is 8.42 Å². The van der Waals surface area contributed by atoms with Gasteiger partial charge in [0.25, 0.3) is 0 Å². The van der Waals surface area contributed by atoms with Gasteiger partial charge in [-0.15, -0.1) is 0 Å². The van der Waals surface area contributed by atoms with Crippen LogP contribution < -0.4 is 3.56 Å². The SMILES string of the molecule is C[Si](C)(C)C[n+]1[se]c(-c2ccccc2)nc1-c1ccccc1.O=S(=O)([O-])C(F)(F)F. The van der Waals surface area contributed by atoms with Gasteiger partial charge in [-0.05, 0) is 0 Å². The first-order chi connectivity index (χ1) is 13.8. The van der Waals surface area contributed by atoms with Gasteiger partial charge in [0.15, 0.2) is 10.1 Å². The van der Waals surface area contributed by atoms with Gasteiger partial charge in [-0.1, -0.05) is 0 Å². The van der Waals surface area contributed by atoms with E-state index in [0.29, 0.717) is 0 Å². The molecule has 30 heavy (non-hydrogen) atoms. The van der Waals surface area contributed by atoms with Gasteiger partial charge in [-0.2, -0.15) is 13.2 Å². The van der Waals surface area contributed by atoms with Gasteiger partial charge < -0.3 is 4.55 Å². The largest absolute Gasteiger partial charge is 0.741 e. The molecule has 1 aromatic heterocycles. The van der Waals surface area contributed by atoms with Crippen molar-refractivity contribution in [3.05, 3.63) is 60.7 Å². The van der Waals surface area contributed by atoms with Crippen molar-refractivity contribution in [2.24, 2.45) is 0 Å². The summed E-state index contributed by atoms with van der Waals surface area (Å²) in [6.07, 6.45) is 1.16. The Morgan fingerprint density at radius 1 is 0.967 bits per heavy atom. The molecule has 0 aliphatic heterocycles. The van der Waals surface area contributed by atoms with Crippen LogP contribution in [0.4, 0.5) is 13.2 Å². The van der Waals surface area contributed by atoms with Crippen LogP contribution in [0.3, 0.4) is 0 Å². The second kappa shape index (κ2) is 9.57. The number of aromatic nitrogens is 2. The monoisotopic (exact) mass is 522 g/mol. The van der Waals surface area contributed by atoms with Crippen molar-refractivity contribution >= 4 is 32.9 Å². The quantitative estimate of drug-likeness (QED) is 0.298. The molecular weight excluding hydrogens is 500 g/mol. The van der Waals surface area contributed by atoms with Crippen molar-refractivity contribution in [2.45, 2.75) is 31.3 Å². The Labute approximate surface area is 181 Å². The van der Waals surface area contributed by atoms with Gasteiger partial charge in [0, 0.05) is 0 Å². The molecule has 3 rings (SSSR count). The van der Waals surface area contributed by atoms with Crippen molar-refractivity contribution in [1.29, 1.82) is 0 Å². The Kier molecular flexibility index (Phi) is 7.81. The second-order valence-corrected chi connectivity index (χ2v) is 16.5. The molecule has 2 aromatic carbocycles. The van der Waals surface area contributed by atoms with Crippen molar-refractivity contribution in [2.75, 3.05) is 0 Å². The second-order valence-electron chi connectivity index (χ2n) is 7.56. The molecule has 0 bridgehead atoms. The molecule has 0 atom stereocenters. The van der Waals surface area contributed by atoms with Crippen LogP contribution in [0.1, 0.15) is 0 Å². The third kappa shape index (κ3) is 7.17. The molecule has 3 aromatic rings. The van der Waals surface area contributed by atoms with Crippen LogP contribution in [-0.4, -0.2) is 46.3 Å². The molecule has 0 aliphatic carbocycles. The number of hydrogen-bond donors (Lipinski definition) is 0. The van der Waals surface area contributed by atoms with Crippen molar-refractivity contribution in [3.63, 3.8) is 0 Å². The third-order valence-corrected chi connectivity index (χ3v) is 8.08. The molecule has 0 saturated carbocycles. The van der Waals surface area contributed by atoms with E-state index in [1.54, 1.807) is 0 Å². The third-order valence-electron chi connectivity index (χ3n) is 3.59. The fourth-order valence-electron chi connectivity index (χ4n) is 2.35. The van der Waals surface area contributed by atoms with E-state index in [2.05, 4.69) is 83.9 Å². The van der Waals surface area contributed by atoms with E-state index in [0.717, 1.165) is 12.0 Å². The molecule has 0 N–H and O–H groups in total. The van der Waals surface area contributed by atoms with Crippen LogP contribution >= 0.6 is 0 Å². The molecule has 162 valence electrons. The van der Waals surface area contributed by atoms with Gasteiger partial charge in [0.05, 0.1) is 0 Å². The summed E-state index contributed by atoms with van der Waals surface area (Å²) in [6, 6.07) is 21.2. The summed E-state index contributed by atoms with van der Waals surface area (Å²) in [5, 5.41) is 0. The van der Waals surface area contributed by atoms with Crippen LogP contribution in [0.5, 0.6) is 0 Å². The maximum Gasteiger partial charge on any atom is 0.485 e. The van der Waals surface area contributed by atoms with Crippen LogP contribution in [-0.2, 0) is 16.3 Å². The van der Waals surface area contributed by atoms with E-state index in [1.165, 1.54) is 15.7 Å². The molecule has 0 spiro atoms. The van der Waals surface area contributed by atoms with Gasteiger partial charge in [0.2, 0.25) is 0 Å². The van der Waals surface area contributed by atoms with Crippen LogP contribution in [0.15, 0.2) is 60.7 Å². The first-order valence-corrected chi connectivity index (χ1v) is 15.6. The molecule has 0 saturated heterocycles. The minimum absolute atomic E-state index is 0.271. The summed E-state index contributed by atoms with van der Waals surface area (Å²) in [5.41, 5.74) is -3.16. The number of alkyl halides is 3. The number of benzene rings is 2. The Morgan fingerprint density at radius 3 is 1.80 bits per heavy atom. The number of halogens is 3. The predicted molar refractivity (Wildman–Crippen MR) is 111 cm³/mol. The molecular formula is C19H21F3N2O3SSeSi. The minimum Gasteiger partial charge on any atom is -0.741 e. The van der Waals surface area contributed by atoms with Gasteiger partial charge in [-0.3, -0.25) is 0 Å². The minimum atomic E-state index is -6.09. The summed E-state index contributed by atoms with van der Waals surface area (Å²) in [7, 11) is -7.27. The van der Waals surface area contributed by atoms with Crippen molar-refractivity contribution in [1.82, 2.24) is 4.98 Å². The average Bonchev–Trinajstić information content (AvgIpc) is 3.04. The topological polar surface area (TPSA) is 74.0 Å². The molecule has 5 nitrogen and oxygen atoms in total. The van der Waals surface area contributed by atoms with E-state index in [4.69, 9.17) is 18.0 Å². The van der Waals surface area contributed by atoms with Crippen LogP contribution in [0, 0.1) is 0 Å². The molecule has 1 heterocycles.